The smallest absolute Gasteiger partial charge is 0.407 e. The second-order valence-corrected chi connectivity index (χ2v) is 18.2. The molecule has 0 aromatic rings. The number of hydrogen-bond acceptors (Lipinski definition) is 15. The summed E-state index contributed by atoms with van der Waals surface area (Å²) >= 11 is 14.2. The monoisotopic (exact) mass is 1080 g/mol. The number of halogens is 3. The number of carbonyl (C=O) groups excluding carboxylic acids is 7. The van der Waals surface area contributed by atoms with Gasteiger partial charge in [-0.3, -0.25) is 19.2 Å². The topological polar surface area (TPSA) is 333 Å². The van der Waals surface area contributed by atoms with E-state index in [1.165, 1.54) is 18.9 Å². The Hall–Kier alpha value is -3.96. The van der Waals surface area contributed by atoms with Crippen LogP contribution in [-0.4, -0.2) is 142 Å². The number of carbonyl (C=O) groups is 7. The van der Waals surface area contributed by atoms with Crippen molar-refractivity contribution in [1.29, 1.82) is 0 Å². The van der Waals surface area contributed by atoms with E-state index in [-0.39, 0.29) is 42.3 Å². The molecule has 1 rings (SSSR count). The summed E-state index contributed by atoms with van der Waals surface area (Å²) in [6.45, 7) is 37.0. The predicted octanol–water partition coefficient (Wildman–Crippen LogP) is 5.76. The van der Waals surface area contributed by atoms with Gasteiger partial charge in [-0.15, -0.1) is 23.2 Å². The standard InChI is InChI=1S/C12H24N2O3.C10H18N2O3.C7H16N2O2.C7H16N2O.C4H8O.C3H3ClO.C2H8N2.CH2Cl2.CH4/c1-6-9(2)10(15)13-7-8-14-11(16)17-12(3,4)5;1-5-8(13)11-6-7-12-9(14)15-10(2,3)4;1-7(2,3)11-6(10)9-5-4-8;1-3-6(2)7(10)9-5-4-8;1-2-4-5-3-1;1-2-3(4)5;3-1-2-4;2-1-3;/h9H,6-8H2,1-5H3,(H,13,15)(H,14,16);5H,1,6-7H2,2-4H3,(H,11,13)(H,12,14);4-5,8H2,1-3H3,(H,9,10);6H,3-5,8H2,1-2H3,(H,9,10);1-4H2;2H,1H2;1-4H2;1H2;1H4. The Bertz CT molecular complexity index is 1340. The summed E-state index contributed by atoms with van der Waals surface area (Å²) in [6.07, 6.45) is 5.10. The molecule has 2 unspecified atom stereocenters. The summed E-state index contributed by atoms with van der Waals surface area (Å²) in [7, 11) is 0. The van der Waals surface area contributed by atoms with Gasteiger partial charge in [-0.2, -0.15) is 0 Å². The van der Waals surface area contributed by atoms with Gasteiger partial charge < -0.3 is 73.8 Å². The molecular weight excluding hydrogens is 987 g/mol. The Balaban J connectivity index is -0.000000112. The second kappa shape index (κ2) is 56.9. The number of nitrogens with one attached hydrogen (secondary N) is 6. The number of ether oxygens (including phenoxy) is 4. The summed E-state index contributed by atoms with van der Waals surface area (Å²) in [6, 6.07) is 0. The molecule has 14 N–H and O–H groups in total. The number of allylic oxidation sites excluding steroid dienone is 1. The van der Waals surface area contributed by atoms with Crippen LogP contribution in [0.2, 0.25) is 0 Å². The highest BCUT2D eigenvalue weighted by molar-refractivity contribution is 6.66. The van der Waals surface area contributed by atoms with Crippen molar-refractivity contribution in [3.63, 3.8) is 0 Å². The van der Waals surface area contributed by atoms with Crippen molar-refractivity contribution in [3.05, 3.63) is 25.3 Å². The van der Waals surface area contributed by atoms with Gasteiger partial charge in [0.25, 0.3) is 0 Å². The molecular formula is C47H99Cl3N10O11. The van der Waals surface area contributed by atoms with Gasteiger partial charge in [-0.1, -0.05) is 48.3 Å². The van der Waals surface area contributed by atoms with Crippen LogP contribution < -0.4 is 54.8 Å². The van der Waals surface area contributed by atoms with Crippen molar-refractivity contribution in [3.8, 4) is 0 Å². The highest BCUT2D eigenvalue weighted by Gasteiger charge is 2.17. The van der Waals surface area contributed by atoms with Gasteiger partial charge >= 0.3 is 18.3 Å². The third kappa shape index (κ3) is 89.4. The van der Waals surface area contributed by atoms with Crippen LogP contribution in [0.5, 0.6) is 0 Å². The summed E-state index contributed by atoms with van der Waals surface area (Å²) in [5, 5.41) is 15.3. The molecule has 0 aromatic heterocycles. The molecule has 0 radical (unpaired) electrons. The minimum Gasteiger partial charge on any atom is -0.444 e. The van der Waals surface area contributed by atoms with Gasteiger partial charge in [0, 0.05) is 90.5 Å². The van der Waals surface area contributed by atoms with Crippen LogP contribution in [-0.2, 0) is 38.1 Å². The molecule has 6 amide bonds. The van der Waals surface area contributed by atoms with Crippen molar-refractivity contribution < 1.29 is 52.5 Å². The first-order chi connectivity index (χ1) is 32.4. The molecule has 2 atom stereocenters. The molecule has 1 aliphatic heterocycles. The van der Waals surface area contributed by atoms with Crippen LogP contribution in [0.15, 0.2) is 25.3 Å². The number of alkyl carbamates (subject to hydrolysis) is 3. The maximum atomic E-state index is 11.4. The fraction of sp³-hybridized carbons (Fsp3) is 0.766. The fourth-order valence-electron chi connectivity index (χ4n) is 3.31. The molecule has 0 bridgehead atoms. The average Bonchev–Trinajstić information content (AvgIpc) is 3.87. The van der Waals surface area contributed by atoms with Crippen molar-refractivity contribution in [2.75, 3.05) is 84.0 Å². The first-order valence-corrected chi connectivity index (χ1v) is 24.5. The van der Waals surface area contributed by atoms with Crippen LogP contribution in [0.25, 0.3) is 0 Å². The zero-order valence-electron chi connectivity index (χ0n) is 44.7. The number of nitrogens with two attached hydrogens (primary N) is 4. The van der Waals surface area contributed by atoms with E-state index in [1.54, 1.807) is 41.5 Å². The largest absolute Gasteiger partial charge is 0.444 e. The molecule has 424 valence electrons. The molecule has 21 nitrogen and oxygen atoms in total. The first-order valence-electron chi connectivity index (χ1n) is 23.1. The lowest BCUT2D eigenvalue weighted by atomic mass is 10.1. The van der Waals surface area contributed by atoms with Crippen molar-refractivity contribution in [2.24, 2.45) is 34.8 Å². The molecule has 1 saturated heterocycles. The molecule has 71 heavy (non-hydrogen) atoms. The lowest BCUT2D eigenvalue weighted by molar-refractivity contribution is -0.125. The van der Waals surface area contributed by atoms with E-state index in [0.29, 0.717) is 65.4 Å². The normalized spacial score (nSPS) is 11.5. The molecule has 1 heterocycles. The fourth-order valence-corrected chi connectivity index (χ4v) is 3.31. The minimum atomic E-state index is -0.509. The first kappa shape index (κ1) is 83.9. The number of rotatable bonds is 17. The summed E-state index contributed by atoms with van der Waals surface area (Å²) in [5.41, 5.74) is 18.7. The predicted molar refractivity (Wildman–Crippen MR) is 291 cm³/mol. The molecule has 1 fully saturated rings. The van der Waals surface area contributed by atoms with E-state index in [1.807, 2.05) is 48.5 Å². The van der Waals surface area contributed by atoms with Gasteiger partial charge in [0.15, 0.2) is 0 Å². The SMILES string of the molecule is C.C1CCOC1.C=CC(=O)Cl.C=CC(=O)NCCNC(=O)OC(C)(C)C.CC(C)(C)OC(=O)NCCN.CCC(C)C(=O)NCCN.CCC(C)C(=O)NCCNC(=O)OC(C)(C)C.ClCCl.NCCN. The van der Waals surface area contributed by atoms with Crippen molar-refractivity contribution in [2.45, 2.75) is 140 Å². The number of amides is 6. The van der Waals surface area contributed by atoms with Gasteiger partial charge in [0.05, 0.1) is 5.34 Å². The van der Waals surface area contributed by atoms with Gasteiger partial charge in [-0.25, -0.2) is 14.4 Å². The van der Waals surface area contributed by atoms with Crippen LogP contribution in [0.1, 0.15) is 123 Å². The quantitative estimate of drug-likeness (QED) is 0.0272. The van der Waals surface area contributed by atoms with Crippen molar-refractivity contribution in [1.82, 2.24) is 31.9 Å². The van der Waals surface area contributed by atoms with Crippen LogP contribution in [0.3, 0.4) is 0 Å². The number of hydrogen-bond donors (Lipinski definition) is 10. The minimum absolute atomic E-state index is 0. The molecule has 0 saturated carbocycles. The van der Waals surface area contributed by atoms with Gasteiger partial charge in [0.1, 0.15) is 16.8 Å². The molecule has 24 heteroatoms. The van der Waals surface area contributed by atoms with E-state index < -0.39 is 40.3 Å². The Labute approximate surface area is 442 Å². The van der Waals surface area contributed by atoms with Crippen LogP contribution in [0, 0.1) is 11.8 Å². The Morgan fingerprint density at radius 3 is 1.04 bits per heavy atom. The van der Waals surface area contributed by atoms with E-state index in [9.17, 15) is 33.6 Å². The highest BCUT2D eigenvalue weighted by atomic mass is 35.5. The van der Waals surface area contributed by atoms with Gasteiger partial charge in [0.2, 0.25) is 23.0 Å². The highest BCUT2D eigenvalue weighted by Crippen LogP contribution is 2.08. The molecule has 0 aromatic carbocycles. The van der Waals surface area contributed by atoms with E-state index in [0.717, 1.165) is 32.1 Å². The Morgan fingerprint density at radius 1 is 0.549 bits per heavy atom. The Morgan fingerprint density at radius 2 is 0.817 bits per heavy atom. The summed E-state index contributed by atoms with van der Waals surface area (Å²) in [5.74, 6) is -0.0181. The molecule has 0 aliphatic carbocycles. The molecule has 1 aliphatic rings. The van der Waals surface area contributed by atoms with E-state index in [4.69, 9.17) is 76.7 Å². The second-order valence-electron chi connectivity index (χ2n) is 17.1. The lowest BCUT2D eigenvalue weighted by Crippen LogP contribution is -2.39. The zero-order chi connectivity index (χ0) is 56.2. The van der Waals surface area contributed by atoms with Crippen molar-refractivity contribution >= 4 is 76.0 Å². The Kier molecular flexibility index (Phi) is 67.3. The summed E-state index contributed by atoms with van der Waals surface area (Å²) in [4.78, 5) is 75.7. The van der Waals surface area contributed by atoms with Crippen LogP contribution >= 0.6 is 34.8 Å². The third-order valence-electron chi connectivity index (χ3n) is 6.90. The zero-order valence-corrected chi connectivity index (χ0v) is 46.9. The molecule has 0 spiro atoms. The lowest BCUT2D eigenvalue weighted by Gasteiger charge is -2.19. The van der Waals surface area contributed by atoms with Crippen LogP contribution in [0.4, 0.5) is 14.4 Å². The summed E-state index contributed by atoms with van der Waals surface area (Å²) < 4.78 is 19.9. The average molecular weight is 1090 g/mol. The third-order valence-corrected chi connectivity index (χ3v) is 7.06. The maximum Gasteiger partial charge on any atom is 0.407 e. The van der Waals surface area contributed by atoms with E-state index >= 15 is 0 Å². The maximum absolute atomic E-state index is 11.4. The van der Waals surface area contributed by atoms with Gasteiger partial charge in [-0.05, 0) is 112 Å². The number of alkyl halides is 2. The van der Waals surface area contributed by atoms with E-state index in [2.05, 4.69) is 45.1 Å².